The number of halogens is 1. The maximum Gasteiger partial charge on any atom is 0.123 e. The molecule has 2 rings (SSSR count). The van der Waals surface area contributed by atoms with E-state index in [4.69, 9.17) is 4.74 Å². The molecule has 112 valence electrons. The van der Waals surface area contributed by atoms with Crippen LogP contribution in [0.1, 0.15) is 37.3 Å². The number of ether oxygens (including phenoxy) is 1. The van der Waals surface area contributed by atoms with Gasteiger partial charge in [-0.05, 0) is 49.2 Å². The lowest BCUT2D eigenvalue weighted by Crippen LogP contribution is -2.50. The summed E-state index contributed by atoms with van der Waals surface area (Å²) < 4.78 is 18.8. The molecule has 0 aliphatic carbocycles. The van der Waals surface area contributed by atoms with E-state index in [9.17, 15) is 4.39 Å². The SMILES string of the molecule is CC(C)Oc1ccc([C@H](CC[NH3+])c2ccc(F)cc2)cc1. The smallest absolute Gasteiger partial charge is 0.123 e. The summed E-state index contributed by atoms with van der Waals surface area (Å²) in [6.45, 7) is 4.86. The number of benzene rings is 2. The third-order valence-corrected chi connectivity index (χ3v) is 3.42. The van der Waals surface area contributed by atoms with Crippen LogP contribution in [0.2, 0.25) is 0 Å². The number of hydrogen-bond acceptors (Lipinski definition) is 1. The van der Waals surface area contributed by atoms with Crippen LogP contribution in [-0.2, 0) is 0 Å². The van der Waals surface area contributed by atoms with Gasteiger partial charge in [0.25, 0.3) is 0 Å². The minimum atomic E-state index is -0.201. The number of hydrogen-bond donors (Lipinski definition) is 1. The van der Waals surface area contributed by atoms with Crippen LogP contribution < -0.4 is 10.5 Å². The predicted molar refractivity (Wildman–Crippen MR) is 82.8 cm³/mol. The Balaban J connectivity index is 2.23. The molecule has 21 heavy (non-hydrogen) atoms. The highest BCUT2D eigenvalue weighted by Gasteiger charge is 2.14. The zero-order valence-corrected chi connectivity index (χ0v) is 12.7. The van der Waals surface area contributed by atoms with Crippen LogP contribution in [0.15, 0.2) is 48.5 Å². The Kier molecular flexibility index (Phi) is 5.34. The molecule has 0 amide bonds. The summed E-state index contributed by atoms with van der Waals surface area (Å²) in [6.07, 6.45) is 1.11. The van der Waals surface area contributed by atoms with E-state index in [0.29, 0.717) is 0 Å². The standard InChI is InChI=1S/C18H22FNO/c1-13(2)21-17-9-5-15(6-10-17)18(11-12-20)14-3-7-16(19)8-4-14/h3-10,13,18H,11-12,20H2,1-2H3/p+1/t18-/m1/s1. The van der Waals surface area contributed by atoms with Crippen LogP contribution in [0.3, 0.4) is 0 Å². The zero-order valence-electron chi connectivity index (χ0n) is 12.7. The van der Waals surface area contributed by atoms with Gasteiger partial charge in [-0.1, -0.05) is 24.3 Å². The molecule has 0 radical (unpaired) electrons. The molecule has 3 heteroatoms. The average molecular weight is 288 g/mol. The van der Waals surface area contributed by atoms with Gasteiger partial charge in [-0.15, -0.1) is 0 Å². The van der Waals surface area contributed by atoms with Gasteiger partial charge in [0.05, 0.1) is 12.6 Å². The van der Waals surface area contributed by atoms with Crippen molar-refractivity contribution >= 4 is 0 Å². The fraction of sp³-hybridized carbons (Fsp3) is 0.333. The molecule has 0 aromatic heterocycles. The largest absolute Gasteiger partial charge is 0.491 e. The van der Waals surface area contributed by atoms with Gasteiger partial charge >= 0.3 is 0 Å². The van der Waals surface area contributed by atoms with E-state index in [1.165, 1.54) is 17.7 Å². The van der Waals surface area contributed by atoms with Gasteiger partial charge in [0.15, 0.2) is 0 Å². The lowest BCUT2D eigenvalue weighted by Gasteiger charge is -2.17. The molecule has 2 aromatic rings. The Morgan fingerprint density at radius 1 is 0.952 bits per heavy atom. The molecule has 3 N–H and O–H groups in total. The van der Waals surface area contributed by atoms with E-state index < -0.39 is 0 Å². The van der Waals surface area contributed by atoms with E-state index in [2.05, 4.69) is 17.9 Å². The maximum atomic E-state index is 13.1. The maximum absolute atomic E-state index is 13.1. The Morgan fingerprint density at radius 3 is 1.95 bits per heavy atom. The molecule has 0 saturated carbocycles. The Bertz CT molecular complexity index is 548. The van der Waals surface area contributed by atoms with Crippen molar-refractivity contribution in [3.8, 4) is 5.75 Å². The first kappa shape index (κ1) is 15.5. The van der Waals surface area contributed by atoms with Gasteiger partial charge in [-0.2, -0.15) is 0 Å². The van der Waals surface area contributed by atoms with Crippen molar-refractivity contribution in [3.05, 3.63) is 65.5 Å². The Labute approximate surface area is 125 Å². The molecule has 0 fully saturated rings. The van der Waals surface area contributed by atoms with E-state index in [-0.39, 0.29) is 17.8 Å². The lowest BCUT2D eigenvalue weighted by atomic mass is 9.88. The highest BCUT2D eigenvalue weighted by Crippen LogP contribution is 2.29. The Morgan fingerprint density at radius 2 is 1.48 bits per heavy atom. The normalized spacial score (nSPS) is 12.4. The minimum Gasteiger partial charge on any atom is -0.491 e. The highest BCUT2D eigenvalue weighted by atomic mass is 19.1. The van der Waals surface area contributed by atoms with Gasteiger partial charge in [0, 0.05) is 12.3 Å². The van der Waals surface area contributed by atoms with Crippen LogP contribution in [0.25, 0.3) is 0 Å². The fourth-order valence-electron chi connectivity index (χ4n) is 2.48. The summed E-state index contributed by atoms with van der Waals surface area (Å²) >= 11 is 0. The van der Waals surface area contributed by atoms with E-state index in [1.807, 2.05) is 38.1 Å². The first-order valence-corrected chi connectivity index (χ1v) is 7.41. The first-order valence-electron chi connectivity index (χ1n) is 7.41. The van der Waals surface area contributed by atoms with Gasteiger partial charge < -0.3 is 10.5 Å². The van der Waals surface area contributed by atoms with Crippen LogP contribution in [-0.4, -0.2) is 12.6 Å². The Hall–Kier alpha value is -1.87. The molecule has 0 heterocycles. The van der Waals surface area contributed by atoms with Gasteiger partial charge in [0.2, 0.25) is 0 Å². The summed E-state index contributed by atoms with van der Waals surface area (Å²) in [5, 5.41) is 0. The monoisotopic (exact) mass is 288 g/mol. The van der Waals surface area contributed by atoms with Crippen molar-refractivity contribution in [2.24, 2.45) is 0 Å². The first-order chi connectivity index (χ1) is 10.1. The van der Waals surface area contributed by atoms with Crippen LogP contribution in [0.5, 0.6) is 5.75 Å². The van der Waals surface area contributed by atoms with Crippen molar-refractivity contribution in [1.82, 2.24) is 0 Å². The van der Waals surface area contributed by atoms with Crippen molar-refractivity contribution in [3.63, 3.8) is 0 Å². The van der Waals surface area contributed by atoms with Crippen LogP contribution in [0, 0.1) is 5.82 Å². The second kappa shape index (κ2) is 7.23. The summed E-state index contributed by atoms with van der Waals surface area (Å²) in [5.41, 5.74) is 6.28. The lowest BCUT2D eigenvalue weighted by molar-refractivity contribution is -0.368. The van der Waals surface area contributed by atoms with E-state index in [1.54, 1.807) is 0 Å². The molecule has 0 aliphatic heterocycles. The zero-order chi connectivity index (χ0) is 15.2. The van der Waals surface area contributed by atoms with Crippen molar-refractivity contribution < 1.29 is 14.9 Å². The molecule has 0 aliphatic rings. The second-order valence-corrected chi connectivity index (χ2v) is 5.48. The second-order valence-electron chi connectivity index (χ2n) is 5.48. The predicted octanol–water partition coefficient (Wildman–Crippen LogP) is 3.38. The minimum absolute atomic E-state index is 0.170. The summed E-state index contributed by atoms with van der Waals surface area (Å²) in [6, 6.07) is 14.9. The number of rotatable bonds is 6. The third-order valence-electron chi connectivity index (χ3n) is 3.42. The molecule has 2 aromatic carbocycles. The fourth-order valence-corrected chi connectivity index (χ4v) is 2.48. The highest BCUT2D eigenvalue weighted by molar-refractivity contribution is 5.36. The molecular formula is C18H23FNO+. The molecule has 1 atom stereocenters. The van der Waals surface area contributed by atoms with Crippen LogP contribution in [0.4, 0.5) is 4.39 Å². The summed E-state index contributed by atoms with van der Waals surface area (Å²) in [4.78, 5) is 0. The van der Waals surface area contributed by atoms with Gasteiger partial charge in [0.1, 0.15) is 11.6 Å². The molecule has 0 saturated heterocycles. The quantitative estimate of drug-likeness (QED) is 0.869. The molecular weight excluding hydrogens is 265 g/mol. The average Bonchev–Trinajstić information content (AvgIpc) is 2.46. The summed E-state index contributed by atoms with van der Waals surface area (Å²) in [7, 11) is 0. The molecule has 0 bridgehead atoms. The number of quaternary nitrogens is 1. The van der Waals surface area contributed by atoms with Gasteiger partial charge in [-0.25, -0.2) is 4.39 Å². The van der Waals surface area contributed by atoms with E-state index >= 15 is 0 Å². The van der Waals surface area contributed by atoms with Crippen molar-refractivity contribution in [2.75, 3.05) is 6.54 Å². The summed E-state index contributed by atoms with van der Waals surface area (Å²) in [5.74, 6) is 0.922. The van der Waals surface area contributed by atoms with Gasteiger partial charge in [-0.3, -0.25) is 0 Å². The third kappa shape index (κ3) is 4.30. The topological polar surface area (TPSA) is 36.9 Å². The van der Waals surface area contributed by atoms with Crippen molar-refractivity contribution in [1.29, 1.82) is 0 Å². The molecule has 2 nitrogen and oxygen atoms in total. The van der Waals surface area contributed by atoms with E-state index in [0.717, 1.165) is 24.3 Å². The van der Waals surface area contributed by atoms with Crippen LogP contribution >= 0.6 is 0 Å². The van der Waals surface area contributed by atoms with Crippen molar-refractivity contribution in [2.45, 2.75) is 32.3 Å². The molecule has 0 unspecified atom stereocenters. The molecule has 0 spiro atoms.